The fraction of sp³-hybridized carbons (Fsp3) is 0.316. The third-order valence-electron chi connectivity index (χ3n) is 4.08. The molecular formula is C19H23FN2O5S. The first kappa shape index (κ1) is 21.6. The molecule has 1 N–H and O–H groups in total. The van der Waals surface area contributed by atoms with Gasteiger partial charge in [0, 0.05) is 38.2 Å². The highest BCUT2D eigenvalue weighted by Gasteiger charge is 2.16. The first-order valence-corrected chi connectivity index (χ1v) is 9.95. The zero-order chi connectivity index (χ0) is 20.7. The number of methoxy groups -OCH3 is 2. The molecule has 2 rings (SSSR count). The molecule has 9 heteroatoms. The van der Waals surface area contributed by atoms with E-state index in [0.29, 0.717) is 18.0 Å². The van der Waals surface area contributed by atoms with Crippen molar-refractivity contribution in [2.75, 3.05) is 27.8 Å². The second-order valence-corrected chi connectivity index (χ2v) is 7.80. The Kier molecular flexibility index (Phi) is 7.36. The topological polar surface area (TPSA) is 84.9 Å². The van der Waals surface area contributed by atoms with Crippen LogP contribution in [0.25, 0.3) is 0 Å². The number of sulfonamides is 1. The number of carbonyl (C=O) groups excluding carboxylic acids is 1. The van der Waals surface area contributed by atoms with Crippen LogP contribution in [-0.4, -0.2) is 47.0 Å². The summed E-state index contributed by atoms with van der Waals surface area (Å²) in [6.07, 6.45) is -0.0185. The van der Waals surface area contributed by atoms with Gasteiger partial charge in [-0.2, -0.15) is 0 Å². The van der Waals surface area contributed by atoms with E-state index in [9.17, 15) is 17.6 Å². The Bertz CT molecular complexity index is 916. The lowest BCUT2D eigenvalue weighted by Gasteiger charge is -2.19. The van der Waals surface area contributed by atoms with Crippen molar-refractivity contribution in [2.24, 2.45) is 0 Å². The minimum Gasteiger partial charge on any atom is -0.497 e. The van der Waals surface area contributed by atoms with Crippen LogP contribution in [0.15, 0.2) is 47.4 Å². The maximum absolute atomic E-state index is 12.9. The highest BCUT2D eigenvalue weighted by atomic mass is 32.2. The van der Waals surface area contributed by atoms with Crippen LogP contribution < -0.4 is 14.2 Å². The number of carbonyl (C=O) groups is 1. The van der Waals surface area contributed by atoms with Gasteiger partial charge < -0.3 is 14.4 Å². The largest absolute Gasteiger partial charge is 0.497 e. The normalized spacial score (nSPS) is 11.1. The van der Waals surface area contributed by atoms with Crippen molar-refractivity contribution in [3.05, 3.63) is 53.8 Å². The molecule has 0 saturated carbocycles. The highest BCUT2D eigenvalue weighted by molar-refractivity contribution is 7.89. The molecule has 0 atom stereocenters. The Morgan fingerprint density at radius 3 is 2.39 bits per heavy atom. The van der Waals surface area contributed by atoms with Crippen LogP contribution in [0, 0.1) is 5.82 Å². The zero-order valence-electron chi connectivity index (χ0n) is 15.9. The standard InChI is InChI=1S/C19H23FN2O5S/c1-22(13-14-4-7-16(26-2)12-18(14)27-3)19(23)10-11-21-28(24,25)17-8-5-15(20)6-9-17/h4-9,12,21H,10-11,13H2,1-3H3. The van der Waals surface area contributed by atoms with Gasteiger partial charge in [0.15, 0.2) is 0 Å². The van der Waals surface area contributed by atoms with Gasteiger partial charge in [0.2, 0.25) is 15.9 Å². The van der Waals surface area contributed by atoms with E-state index < -0.39 is 15.8 Å². The number of rotatable bonds is 9. The molecule has 0 aliphatic carbocycles. The number of hydrogen-bond donors (Lipinski definition) is 1. The van der Waals surface area contributed by atoms with Crippen LogP contribution in [0.4, 0.5) is 4.39 Å². The minimum absolute atomic E-state index is 0.0185. The second-order valence-electron chi connectivity index (χ2n) is 6.03. The number of hydrogen-bond acceptors (Lipinski definition) is 5. The Labute approximate surface area is 164 Å². The van der Waals surface area contributed by atoms with E-state index in [-0.39, 0.29) is 23.8 Å². The summed E-state index contributed by atoms with van der Waals surface area (Å²) in [6, 6.07) is 9.77. The highest BCUT2D eigenvalue weighted by Crippen LogP contribution is 2.25. The minimum atomic E-state index is -3.80. The number of amides is 1. The molecular weight excluding hydrogens is 387 g/mol. The molecule has 0 aliphatic rings. The Balaban J connectivity index is 1.91. The van der Waals surface area contributed by atoms with Gasteiger partial charge in [-0.1, -0.05) is 0 Å². The first-order valence-electron chi connectivity index (χ1n) is 8.47. The Hall–Kier alpha value is -2.65. The summed E-state index contributed by atoms with van der Waals surface area (Å²) >= 11 is 0. The van der Waals surface area contributed by atoms with Crippen LogP contribution in [0.2, 0.25) is 0 Å². The van der Waals surface area contributed by atoms with Gasteiger partial charge in [-0.15, -0.1) is 0 Å². The van der Waals surface area contributed by atoms with Gasteiger partial charge in [-0.25, -0.2) is 17.5 Å². The van der Waals surface area contributed by atoms with Gasteiger partial charge >= 0.3 is 0 Å². The van der Waals surface area contributed by atoms with E-state index in [1.807, 2.05) is 0 Å². The maximum Gasteiger partial charge on any atom is 0.240 e. The first-order chi connectivity index (χ1) is 13.3. The van der Waals surface area contributed by atoms with Gasteiger partial charge in [-0.3, -0.25) is 4.79 Å². The molecule has 0 radical (unpaired) electrons. The molecule has 0 spiro atoms. The van der Waals surface area contributed by atoms with Crippen LogP contribution >= 0.6 is 0 Å². The van der Waals surface area contributed by atoms with E-state index >= 15 is 0 Å². The molecule has 0 unspecified atom stereocenters. The summed E-state index contributed by atoms with van der Waals surface area (Å²) in [5.74, 6) is 0.477. The number of nitrogens with zero attached hydrogens (tertiary/aromatic N) is 1. The Morgan fingerprint density at radius 1 is 1.11 bits per heavy atom. The van der Waals surface area contributed by atoms with Gasteiger partial charge in [-0.05, 0) is 36.4 Å². The van der Waals surface area contributed by atoms with Gasteiger partial charge in [0.25, 0.3) is 0 Å². The summed E-state index contributed by atoms with van der Waals surface area (Å²) in [5, 5.41) is 0. The van der Waals surface area contributed by atoms with Crippen molar-refractivity contribution in [2.45, 2.75) is 17.9 Å². The molecule has 0 aromatic heterocycles. The summed E-state index contributed by atoms with van der Waals surface area (Å²) < 4.78 is 50.0. The lowest BCUT2D eigenvalue weighted by Crippen LogP contribution is -2.32. The van der Waals surface area contributed by atoms with Crippen molar-refractivity contribution >= 4 is 15.9 Å². The van der Waals surface area contributed by atoms with Crippen LogP contribution in [0.5, 0.6) is 11.5 Å². The Morgan fingerprint density at radius 2 is 1.79 bits per heavy atom. The SMILES string of the molecule is COc1ccc(CN(C)C(=O)CCNS(=O)(=O)c2ccc(F)cc2)c(OC)c1. The average Bonchev–Trinajstić information content (AvgIpc) is 2.68. The van der Waals surface area contributed by atoms with E-state index in [4.69, 9.17) is 9.47 Å². The van der Waals surface area contributed by atoms with Crippen molar-refractivity contribution in [3.63, 3.8) is 0 Å². The van der Waals surface area contributed by atoms with Crippen molar-refractivity contribution in [1.82, 2.24) is 9.62 Å². The molecule has 0 fully saturated rings. The van der Waals surface area contributed by atoms with Crippen molar-refractivity contribution in [1.29, 1.82) is 0 Å². The van der Waals surface area contributed by atoms with Crippen LogP contribution in [-0.2, 0) is 21.4 Å². The lowest BCUT2D eigenvalue weighted by molar-refractivity contribution is -0.130. The molecule has 0 bridgehead atoms. The maximum atomic E-state index is 12.9. The molecule has 152 valence electrons. The molecule has 0 heterocycles. The molecule has 28 heavy (non-hydrogen) atoms. The summed E-state index contributed by atoms with van der Waals surface area (Å²) in [4.78, 5) is 13.7. The van der Waals surface area contributed by atoms with E-state index in [0.717, 1.165) is 17.7 Å². The predicted molar refractivity (Wildman–Crippen MR) is 102 cm³/mol. The van der Waals surface area contributed by atoms with Crippen molar-refractivity contribution < 1.29 is 27.1 Å². The smallest absolute Gasteiger partial charge is 0.240 e. The quantitative estimate of drug-likeness (QED) is 0.685. The van der Waals surface area contributed by atoms with Crippen LogP contribution in [0.3, 0.4) is 0 Å². The third-order valence-corrected chi connectivity index (χ3v) is 5.56. The zero-order valence-corrected chi connectivity index (χ0v) is 16.8. The van der Waals surface area contributed by atoms with Crippen LogP contribution in [0.1, 0.15) is 12.0 Å². The summed E-state index contributed by atoms with van der Waals surface area (Å²) in [6.45, 7) is 0.235. The second kappa shape index (κ2) is 9.52. The fourth-order valence-electron chi connectivity index (χ4n) is 2.51. The molecule has 0 aliphatic heterocycles. The number of benzene rings is 2. The van der Waals surface area contributed by atoms with Crippen molar-refractivity contribution in [3.8, 4) is 11.5 Å². The lowest BCUT2D eigenvalue weighted by atomic mass is 10.1. The number of nitrogens with one attached hydrogen (secondary N) is 1. The molecule has 1 amide bonds. The van der Waals surface area contributed by atoms with E-state index in [2.05, 4.69) is 4.72 Å². The molecule has 2 aromatic rings. The predicted octanol–water partition coefficient (Wildman–Crippen LogP) is 2.17. The van der Waals surface area contributed by atoms with E-state index in [1.54, 1.807) is 32.4 Å². The summed E-state index contributed by atoms with van der Waals surface area (Å²) in [5.41, 5.74) is 0.797. The fourth-order valence-corrected chi connectivity index (χ4v) is 3.54. The van der Waals surface area contributed by atoms with Gasteiger partial charge in [0.05, 0.1) is 19.1 Å². The molecule has 7 nitrogen and oxygen atoms in total. The molecule has 0 saturated heterocycles. The van der Waals surface area contributed by atoms with E-state index in [1.165, 1.54) is 24.1 Å². The summed E-state index contributed by atoms with van der Waals surface area (Å²) in [7, 11) is 0.913. The molecule has 2 aromatic carbocycles. The third kappa shape index (κ3) is 5.67. The van der Waals surface area contributed by atoms with Gasteiger partial charge in [0.1, 0.15) is 17.3 Å². The monoisotopic (exact) mass is 410 g/mol. The average molecular weight is 410 g/mol. The number of halogens is 1. The number of ether oxygens (including phenoxy) is 2.